The number of nitrogens with one attached hydrogen (secondary N) is 3. The van der Waals surface area contributed by atoms with Crippen molar-refractivity contribution in [1.82, 2.24) is 15.6 Å². The van der Waals surface area contributed by atoms with E-state index in [-0.39, 0.29) is 12.0 Å². The lowest BCUT2D eigenvalue weighted by molar-refractivity contribution is 0.127. The molecule has 3 rings (SSSR count). The number of aliphatic hydroxyl groups excluding tert-OH is 1. The third-order valence-electron chi connectivity index (χ3n) is 5.04. The fourth-order valence-electron chi connectivity index (χ4n) is 3.46. The summed E-state index contributed by atoms with van der Waals surface area (Å²) < 4.78 is 5.54. The topological polar surface area (TPSA) is 81.7 Å². The quantitative estimate of drug-likeness (QED) is 0.455. The molecule has 136 valence electrons. The highest BCUT2D eigenvalue weighted by molar-refractivity contribution is 5.83. The molecule has 25 heavy (non-hydrogen) atoms. The maximum atomic E-state index is 9.32. The number of hydrogen-bond donors (Lipinski definition) is 4. The highest BCUT2D eigenvalue weighted by Gasteiger charge is 2.34. The molecule has 6 heteroatoms. The first-order chi connectivity index (χ1) is 12.3. The summed E-state index contributed by atoms with van der Waals surface area (Å²) in [5.41, 5.74) is 2.50. The Morgan fingerprint density at radius 1 is 1.36 bits per heavy atom. The third-order valence-corrected chi connectivity index (χ3v) is 5.04. The van der Waals surface area contributed by atoms with Crippen molar-refractivity contribution in [3.05, 3.63) is 36.0 Å². The highest BCUT2D eigenvalue weighted by atomic mass is 16.5. The average molecular weight is 344 g/mol. The molecule has 1 fully saturated rings. The number of guanidine groups is 1. The molecule has 0 radical (unpaired) electrons. The van der Waals surface area contributed by atoms with Crippen LogP contribution >= 0.6 is 0 Å². The van der Waals surface area contributed by atoms with E-state index in [0.717, 1.165) is 44.9 Å². The molecule has 2 heterocycles. The Bertz CT molecular complexity index is 704. The normalized spacial score (nSPS) is 21.0. The van der Waals surface area contributed by atoms with E-state index in [1.165, 1.54) is 16.5 Å². The van der Waals surface area contributed by atoms with Crippen molar-refractivity contribution in [3.63, 3.8) is 0 Å². The number of H-pyrrole nitrogens is 1. The Balaban J connectivity index is 1.49. The lowest BCUT2D eigenvalue weighted by atomic mass is 9.84. The Hall–Kier alpha value is -2.05. The van der Waals surface area contributed by atoms with Gasteiger partial charge in [-0.1, -0.05) is 18.2 Å². The van der Waals surface area contributed by atoms with Gasteiger partial charge in [-0.05, 0) is 30.9 Å². The van der Waals surface area contributed by atoms with Crippen LogP contribution in [0.1, 0.15) is 18.4 Å². The minimum Gasteiger partial charge on any atom is -0.396 e. The molecule has 6 nitrogen and oxygen atoms in total. The number of fused-ring (bicyclic) bond motifs is 1. The molecule has 2 aromatic rings. The van der Waals surface area contributed by atoms with E-state index in [2.05, 4.69) is 45.0 Å². The standard InChI is InChI=1S/C19H28N4O2/c1-20-18(23-13-19(7-10-24)8-11-25-14-19)21-9-6-15-12-22-17-5-3-2-4-16(15)17/h2-5,12,22,24H,6-11,13-14H2,1H3,(H2,20,21,23). The predicted octanol–water partition coefficient (Wildman–Crippen LogP) is 1.66. The Kier molecular flexibility index (Phi) is 5.94. The lowest BCUT2D eigenvalue weighted by Gasteiger charge is -2.27. The molecule has 0 saturated carbocycles. The monoisotopic (exact) mass is 344 g/mol. The second-order valence-electron chi connectivity index (χ2n) is 6.74. The summed E-state index contributed by atoms with van der Waals surface area (Å²) in [6, 6.07) is 8.35. The number of rotatable bonds is 7. The summed E-state index contributed by atoms with van der Waals surface area (Å²) in [4.78, 5) is 7.62. The molecule has 1 aliphatic heterocycles. The van der Waals surface area contributed by atoms with E-state index in [4.69, 9.17) is 4.74 Å². The zero-order chi connectivity index (χ0) is 17.5. The number of benzene rings is 1. The molecule has 1 saturated heterocycles. The molecule has 1 aromatic carbocycles. The molecule has 1 aliphatic rings. The van der Waals surface area contributed by atoms with Gasteiger partial charge < -0.3 is 25.5 Å². The lowest BCUT2D eigenvalue weighted by Crippen LogP contribution is -2.45. The van der Waals surface area contributed by atoms with Crippen LogP contribution in [0.15, 0.2) is 35.5 Å². The van der Waals surface area contributed by atoms with Crippen LogP contribution in [0.25, 0.3) is 10.9 Å². The summed E-state index contributed by atoms with van der Waals surface area (Å²) in [6.07, 6.45) is 4.74. The number of nitrogens with zero attached hydrogens (tertiary/aromatic N) is 1. The van der Waals surface area contributed by atoms with E-state index in [0.29, 0.717) is 6.61 Å². The number of aliphatic hydroxyl groups is 1. The molecule has 1 atom stereocenters. The number of aromatic nitrogens is 1. The van der Waals surface area contributed by atoms with Crippen LogP contribution in [-0.4, -0.2) is 56.0 Å². The highest BCUT2D eigenvalue weighted by Crippen LogP contribution is 2.31. The van der Waals surface area contributed by atoms with Crippen molar-refractivity contribution >= 4 is 16.9 Å². The number of aromatic amines is 1. The summed E-state index contributed by atoms with van der Waals surface area (Å²) in [5, 5.41) is 17.4. The van der Waals surface area contributed by atoms with E-state index >= 15 is 0 Å². The largest absolute Gasteiger partial charge is 0.396 e. The van der Waals surface area contributed by atoms with Crippen molar-refractivity contribution in [2.45, 2.75) is 19.3 Å². The summed E-state index contributed by atoms with van der Waals surface area (Å²) in [7, 11) is 1.78. The van der Waals surface area contributed by atoms with Crippen molar-refractivity contribution in [3.8, 4) is 0 Å². The fraction of sp³-hybridized carbons (Fsp3) is 0.526. The van der Waals surface area contributed by atoms with Crippen molar-refractivity contribution < 1.29 is 9.84 Å². The molecule has 1 aromatic heterocycles. The molecule has 0 spiro atoms. The van der Waals surface area contributed by atoms with Gasteiger partial charge in [0.15, 0.2) is 5.96 Å². The minimum atomic E-state index is 0.0171. The Labute approximate surface area is 148 Å². The summed E-state index contributed by atoms with van der Waals surface area (Å²) in [6.45, 7) is 3.24. The number of ether oxygens (including phenoxy) is 1. The van der Waals surface area contributed by atoms with Gasteiger partial charge in [-0.3, -0.25) is 4.99 Å². The van der Waals surface area contributed by atoms with Crippen LogP contribution in [0.3, 0.4) is 0 Å². The average Bonchev–Trinajstić information content (AvgIpc) is 3.26. The maximum absolute atomic E-state index is 9.32. The molecule has 0 aliphatic carbocycles. The first-order valence-corrected chi connectivity index (χ1v) is 8.94. The third kappa shape index (κ3) is 4.32. The minimum absolute atomic E-state index is 0.0171. The molecule has 1 unspecified atom stereocenters. The first-order valence-electron chi connectivity index (χ1n) is 8.94. The molecule has 0 bridgehead atoms. The van der Waals surface area contributed by atoms with Crippen LogP contribution in [-0.2, 0) is 11.2 Å². The van der Waals surface area contributed by atoms with Gasteiger partial charge in [-0.15, -0.1) is 0 Å². The zero-order valence-corrected chi connectivity index (χ0v) is 14.8. The van der Waals surface area contributed by atoms with Crippen LogP contribution in [0, 0.1) is 5.41 Å². The molecular weight excluding hydrogens is 316 g/mol. The van der Waals surface area contributed by atoms with Crippen LogP contribution in [0.4, 0.5) is 0 Å². The van der Waals surface area contributed by atoms with Gasteiger partial charge in [0.05, 0.1) is 6.61 Å². The van der Waals surface area contributed by atoms with Gasteiger partial charge in [0, 0.05) is 55.9 Å². The van der Waals surface area contributed by atoms with Crippen LogP contribution in [0.5, 0.6) is 0 Å². The van der Waals surface area contributed by atoms with Gasteiger partial charge in [-0.2, -0.15) is 0 Å². The van der Waals surface area contributed by atoms with E-state index in [9.17, 15) is 5.11 Å². The van der Waals surface area contributed by atoms with Crippen molar-refractivity contribution in [2.75, 3.05) is 40.0 Å². The van der Waals surface area contributed by atoms with Gasteiger partial charge in [-0.25, -0.2) is 0 Å². The maximum Gasteiger partial charge on any atom is 0.191 e. The van der Waals surface area contributed by atoms with Crippen molar-refractivity contribution in [2.24, 2.45) is 10.4 Å². The molecule has 0 amide bonds. The molecule has 4 N–H and O–H groups in total. The molecular formula is C19H28N4O2. The van der Waals surface area contributed by atoms with E-state index in [1.54, 1.807) is 7.05 Å². The van der Waals surface area contributed by atoms with Gasteiger partial charge >= 0.3 is 0 Å². The predicted molar refractivity (Wildman–Crippen MR) is 101 cm³/mol. The van der Waals surface area contributed by atoms with Gasteiger partial charge in [0.2, 0.25) is 0 Å². The number of aliphatic imine (C=N–C) groups is 1. The summed E-state index contributed by atoms with van der Waals surface area (Å²) in [5.74, 6) is 0.795. The Morgan fingerprint density at radius 3 is 3.00 bits per heavy atom. The number of hydrogen-bond acceptors (Lipinski definition) is 3. The second kappa shape index (κ2) is 8.36. The van der Waals surface area contributed by atoms with Crippen LogP contribution in [0.2, 0.25) is 0 Å². The SMILES string of the molecule is CN=C(NCCc1c[nH]c2ccccc12)NCC1(CCO)CCOC1. The zero-order valence-electron chi connectivity index (χ0n) is 14.8. The van der Waals surface area contributed by atoms with Crippen molar-refractivity contribution in [1.29, 1.82) is 0 Å². The smallest absolute Gasteiger partial charge is 0.191 e. The second-order valence-corrected chi connectivity index (χ2v) is 6.74. The first kappa shape index (κ1) is 17.8. The summed E-state index contributed by atoms with van der Waals surface area (Å²) >= 11 is 0. The van der Waals surface area contributed by atoms with Gasteiger partial charge in [0.1, 0.15) is 0 Å². The fourth-order valence-corrected chi connectivity index (χ4v) is 3.46. The number of para-hydroxylation sites is 1. The van der Waals surface area contributed by atoms with E-state index in [1.807, 2.05) is 6.07 Å². The van der Waals surface area contributed by atoms with Gasteiger partial charge in [0.25, 0.3) is 0 Å². The van der Waals surface area contributed by atoms with E-state index < -0.39 is 0 Å². The van der Waals surface area contributed by atoms with Crippen LogP contribution < -0.4 is 10.6 Å². The Morgan fingerprint density at radius 2 is 2.24 bits per heavy atom.